The number of hydrogen-bond donors (Lipinski definition) is 0. The zero-order valence-corrected chi connectivity index (χ0v) is 14.5. The molecule has 24 heavy (non-hydrogen) atoms. The molecule has 0 aliphatic carbocycles. The summed E-state index contributed by atoms with van der Waals surface area (Å²) in [6.07, 6.45) is 0.370. The summed E-state index contributed by atoms with van der Waals surface area (Å²) in [6.45, 7) is 3.22. The Labute approximate surface area is 147 Å². The highest BCUT2D eigenvalue weighted by molar-refractivity contribution is 6.32. The lowest BCUT2D eigenvalue weighted by Crippen LogP contribution is -2.49. The Morgan fingerprint density at radius 1 is 1.08 bits per heavy atom. The van der Waals surface area contributed by atoms with Gasteiger partial charge in [0.2, 0.25) is 5.91 Å². The second-order valence-corrected chi connectivity index (χ2v) is 6.26. The van der Waals surface area contributed by atoms with Crippen molar-refractivity contribution in [3.8, 4) is 5.75 Å². The number of carbonyl (C=O) groups excluding carboxylic acids is 1. The number of hydrogen-bond acceptors (Lipinski definition) is 3. The number of carbonyl (C=O) groups is 1. The van der Waals surface area contributed by atoms with E-state index in [-0.39, 0.29) is 5.91 Å². The molecule has 1 aliphatic heterocycles. The number of rotatable bonds is 4. The van der Waals surface area contributed by atoms with Gasteiger partial charge in [0.05, 0.1) is 18.6 Å². The van der Waals surface area contributed by atoms with Crippen LogP contribution in [0.5, 0.6) is 5.75 Å². The maximum atomic E-state index is 12.5. The van der Waals surface area contributed by atoms with E-state index < -0.39 is 0 Å². The SMILES string of the molecule is COc1ccc(CC(=O)N2CCN(c3ccccc3)CC2)cc1Cl. The van der Waals surface area contributed by atoms with Crippen molar-refractivity contribution in [3.63, 3.8) is 0 Å². The van der Waals surface area contributed by atoms with Gasteiger partial charge >= 0.3 is 0 Å². The lowest BCUT2D eigenvalue weighted by atomic mass is 10.1. The van der Waals surface area contributed by atoms with Gasteiger partial charge in [-0.3, -0.25) is 4.79 Å². The van der Waals surface area contributed by atoms with E-state index in [9.17, 15) is 4.79 Å². The van der Waals surface area contributed by atoms with Crippen molar-refractivity contribution in [1.82, 2.24) is 4.90 Å². The predicted molar refractivity (Wildman–Crippen MR) is 96.9 cm³/mol. The molecule has 0 aromatic heterocycles. The van der Waals surface area contributed by atoms with Crippen LogP contribution < -0.4 is 9.64 Å². The van der Waals surface area contributed by atoms with Crippen LogP contribution in [0.2, 0.25) is 5.02 Å². The highest BCUT2D eigenvalue weighted by Crippen LogP contribution is 2.25. The first-order chi connectivity index (χ1) is 11.7. The first-order valence-electron chi connectivity index (χ1n) is 8.07. The number of nitrogens with zero attached hydrogens (tertiary/aromatic N) is 2. The summed E-state index contributed by atoms with van der Waals surface area (Å²) in [5.41, 5.74) is 2.13. The number of para-hydroxylation sites is 1. The van der Waals surface area contributed by atoms with E-state index in [1.165, 1.54) is 5.69 Å². The van der Waals surface area contributed by atoms with E-state index in [1.54, 1.807) is 19.2 Å². The maximum Gasteiger partial charge on any atom is 0.227 e. The number of halogens is 1. The van der Waals surface area contributed by atoms with Crippen molar-refractivity contribution < 1.29 is 9.53 Å². The summed E-state index contributed by atoms with van der Waals surface area (Å²) in [6, 6.07) is 15.8. The average Bonchev–Trinajstić information content (AvgIpc) is 2.63. The minimum absolute atomic E-state index is 0.143. The first kappa shape index (κ1) is 16.7. The molecule has 1 saturated heterocycles. The molecule has 2 aromatic rings. The predicted octanol–water partition coefficient (Wildman–Crippen LogP) is 3.24. The van der Waals surface area contributed by atoms with Crippen LogP contribution in [-0.2, 0) is 11.2 Å². The van der Waals surface area contributed by atoms with E-state index >= 15 is 0 Å². The lowest BCUT2D eigenvalue weighted by Gasteiger charge is -2.36. The molecule has 3 rings (SSSR count). The van der Waals surface area contributed by atoms with Gasteiger partial charge in [0.15, 0.2) is 0 Å². The molecule has 0 saturated carbocycles. The van der Waals surface area contributed by atoms with Crippen molar-refractivity contribution in [1.29, 1.82) is 0 Å². The Morgan fingerprint density at radius 3 is 2.42 bits per heavy atom. The summed E-state index contributed by atoms with van der Waals surface area (Å²) < 4.78 is 5.14. The third-order valence-corrected chi connectivity index (χ3v) is 4.62. The normalized spacial score (nSPS) is 14.6. The van der Waals surface area contributed by atoms with Gasteiger partial charge in [-0.05, 0) is 29.8 Å². The summed E-state index contributed by atoms with van der Waals surface area (Å²) in [5, 5.41) is 0.539. The van der Waals surface area contributed by atoms with Crippen molar-refractivity contribution in [2.24, 2.45) is 0 Å². The number of anilines is 1. The highest BCUT2D eigenvalue weighted by Gasteiger charge is 2.21. The van der Waals surface area contributed by atoms with Crippen LogP contribution in [0.3, 0.4) is 0 Å². The molecule has 1 heterocycles. The Bertz CT molecular complexity index is 698. The molecule has 2 aromatic carbocycles. The number of methoxy groups -OCH3 is 1. The highest BCUT2D eigenvalue weighted by atomic mass is 35.5. The zero-order chi connectivity index (χ0) is 16.9. The molecule has 0 spiro atoms. The number of ether oxygens (including phenoxy) is 1. The molecule has 0 N–H and O–H groups in total. The Hall–Kier alpha value is -2.20. The molecule has 126 valence electrons. The lowest BCUT2D eigenvalue weighted by molar-refractivity contribution is -0.130. The van der Waals surface area contributed by atoms with Gasteiger partial charge in [-0.25, -0.2) is 0 Å². The standard InChI is InChI=1S/C19H21ClN2O2/c1-24-18-8-7-15(13-17(18)20)14-19(23)22-11-9-21(10-12-22)16-5-3-2-4-6-16/h2-8,13H,9-12,14H2,1H3. The van der Waals surface area contributed by atoms with Gasteiger partial charge in [0.1, 0.15) is 5.75 Å². The van der Waals surface area contributed by atoms with E-state index in [1.807, 2.05) is 29.2 Å². The van der Waals surface area contributed by atoms with E-state index in [4.69, 9.17) is 16.3 Å². The fourth-order valence-corrected chi connectivity index (χ4v) is 3.24. The van der Waals surface area contributed by atoms with E-state index in [0.29, 0.717) is 17.2 Å². The Balaban J connectivity index is 1.56. The van der Waals surface area contributed by atoms with Crippen molar-refractivity contribution >= 4 is 23.2 Å². The molecule has 0 bridgehead atoms. The molecule has 1 aliphatic rings. The average molecular weight is 345 g/mol. The van der Waals surface area contributed by atoms with Crippen LogP contribution >= 0.6 is 11.6 Å². The topological polar surface area (TPSA) is 32.8 Å². The van der Waals surface area contributed by atoms with Gasteiger partial charge in [-0.15, -0.1) is 0 Å². The van der Waals surface area contributed by atoms with Crippen molar-refractivity contribution in [2.75, 3.05) is 38.2 Å². The molecule has 0 radical (unpaired) electrons. The fraction of sp³-hybridized carbons (Fsp3) is 0.316. The van der Waals surface area contributed by atoms with Gasteiger partial charge in [0.25, 0.3) is 0 Å². The van der Waals surface area contributed by atoms with Gasteiger partial charge in [-0.2, -0.15) is 0 Å². The van der Waals surface area contributed by atoms with Crippen LogP contribution in [0.15, 0.2) is 48.5 Å². The molecule has 4 nitrogen and oxygen atoms in total. The third-order valence-electron chi connectivity index (χ3n) is 4.33. The second-order valence-electron chi connectivity index (χ2n) is 5.85. The minimum Gasteiger partial charge on any atom is -0.495 e. The van der Waals surface area contributed by atoms with Gasteiger partial charge in [0, 0.05) is 31.9 Å². The van der Waals surface area contributed by atoms with Gasteiger partial charge < -0.3 is 14.5 Å². The summed E-state index contributed by atoms with van der Waals surface area (Å²) >= 11 is 6.13. The Kier molecular flexibility index (Phi) is 5.26. The monoisotopic (exact) mass is 344 g/mol. The molecular formula is C19H21ClN2O2. The van der Waals surface area contributed by atoms with Crippen LogP contribution in [0.4, 0.5) is 5.69 Å². The summed E-state index contributed by atoms with van der Waals surface area (Å²) in [4.78, 5) is 16.8. The minimum atomic E-state index is 0.143. The first-order valence-corrected chi connectivity index (χ1v) is 8.45. The van der Waals surface area contributed by atoms with Crippen LogP contribution in [0.1, 0.15) is 5.56 Å². The summed E-state index contributed by atoms with van der Waals surface area (Å²) in [7, 11) is 1.58. The molecule has 1 amide bonds. The third kappa shape index (κ3) is 3.82. The van der Waals surface area contributed by atoms with E-state index in [0.717, 1.165) is 31.7 Å². The van der Waals surface area contributed by atoms with Gasteiger partial charge in [-0.1, -0.05) is 35.9 Å². The largest absolute Gasteiger partial charge is 0.495 e. The quantitative estimate of drug-likeness (QED) is 0.853. The van der Waals surface area contributed by atoms with Crippen LogP contribution in [0.25, 0.3) is 0 Å². The smallest absolute Gasteiger partial charge is 0.227 e. The number of amides is 1. The zero-order valence-electron chi connectivity index (χ0n) is 13.7. The summed E-state index contributed by atoms with van der Waals surface area (Å²) in [5.74, 6) is 0.772. The number of piperazine rings is 1. The number of benzene rings is 2. The maximum absolute atomic E-state index is 12.5. The molecule has 0 atom stereocenters. The van der Waals surface area contributed by atoms with Crippen LogP contribution in [0, 0.1) is 0 Å². The van der Waals surface area contributed by atoms with Crippen molar-refractivity contribution in [3.05, 3.63) is 59.1 Å². The van der Waals surface area contributed by atoms with Crippen LogP contribution in [-0.4, -0.2) is 44.1 Å². The molecule has 1 fully saturated rings. The second kappa shape index (κ2) is 7.58. The van der Waals surface area contributed by atoms with Crippen molar-refractivity contribution in [2.45, 2.75) is 6.42 Å². The molecule has 5 heteroatoms. The molecular weight excluding hydrogens is 324 g/mol. The molecule has 0 unspecified atom stereocenters. The van der Waals surface area contributed by atoms with E-state index in [2.05, 4.69) is 17.0 Å². The fourth-order valence-electron chi connectivity index (χ4n) is 2.96. The Morgan fingerprint density at radius 2 is 1.79 bits per heavy atom.